The van der Waals surface area contributed by atoms with Crippen LogP contribution in [0.4, 0.5) is 10.3 Å². The first-order valence-corrected chi connectivity index (χ1v) is 10.8. The quantitative estimate of drug-likeness (QED) is 0.471. The summed E-state index contributed by atoms with van der Waals surface area (Å²) in [5.41, 5.74) is 0.0215. The summed E-state index contributed by atoms with van der Waals surface area (Å²) in [7, 11) is 0. The Kier molecular flexibility index (Phi) is 6.74. The van der Waals surface area contributed by atoms with Gasteiger partial charge in [-0.05, 0) is 29.2 Å². The van der Waals surface area contributed by atoms with Gasteiger partial charge in [0, 0.05) is 6.54 Å². The van der Waals surface area contributed by atoms with Crippen molar-refractivity contribution in [2.45, 2.75) is 27.7 Å². The fraction of sp³-hybridized carbons (Fsp3) is 0.364. The number of aliphatic carboxylic acids is 1. The minimum absolute atomic E-state index is 0.208. The second kappa shape index (κ2) is 9.30. The number of fused-ring (bicyclic) bond motifs is 1. The molecule has 1 heterocycles. The molecule has 31 heavy (non-hydrogen) atoms. The molecule has 3 N–H and O–H groups in total. The van der Waals surface area contributed by atoms with Crippen LogP contribution in [0, 0.1) is 11.3 Å². The van der Waals surface area contributed by atoms with Crippen molar-refractivity contribution in [2.24, 2.45) is 11.3 Å². The van der Waals surface area contributed by atoms with Crippen molar-refractivity contribution >= 4 is 44.2 Å². The van der Waals surface area contributed by atoms with Crippen molar-refractivity contribution in [3.63, 3.8) is 0 Å². The molecule has 0 radical (unpaired) electrons. The van der Waals surface area contributed by atoms with Gasteiger partial charge in [0.15, 0.2) is 0 Å². The third-order valence-corrected chi connectivity index (χ3v) is 5.66. The third kappa shape index (κ3) is 5.29. The molecule has 1 atom stereocenters. The van der Waals surface area contributed by atoms with Gasteiger partial charge in [0.05, 0.1) is 18.1 Å². The van der Waals surface area contributed by atoms with Crippen molar-refractivity contribution in [3.8, 4) is 5.75 Å². The van der Waals surface area contributed by atoms with Gasteiger partial charge in [-0.2, -0.15) is 0 Å². The number of carboxylic acids is 1. The van der Waals surface area contributed by atoms with Crippen LogP contribution >= 0.6 is 11.3 Å². The lowest BCUT2D eigenvalue weighted by Crippen LogP contribution is -2.34. The van der Waals surface area contributed by atoms with Gasteiger partial charge in [-0.1, -0.05) is 62.4 Å². The van der Waals surface area contributed by atoms with Crippen LogP contribution in [0.25, 0.3) is 10.8 Å². The molecular formula is C22H26N4O4S. The van der Waals surface area contributed by atoms with Crippen LogP contribution in [-0.4, -0.2) is 40.3 Å². The number of carbonyl (C=O) groups excluding carboxylic acids is 1. The molecule has 8 nitrogen and oxygen atoms in total. The van der Waals surface area contributed by atoms with Crippen LogP contribution in [0.15, 0.2) is 36.4 Å². The number of aromatic nitrogens is 2. The molecule has 1 unspecified atom stereocenters. The summed E-state index contributed by atoms with van der Waals surface area (Å²) in [6, 6.07) is 11.3. The lowest BCUT2D eigenvalue weighted by molar-refractivity contribution is -0.144. The minimum Gasteiger partial charge on any atom is -0.493 e. The number of hydrogen-bond acceptors (Lipinski definition) is 7. The summed E-state index contributed by atoms with van der Waals surface area (Å²) < 4.78 is 5.67. The van der Waals surface area contributed by atoms with E-state index in [1.54, 1.807) is 6.07 Å². The maximum Gasteiger partial charge on any atom is 0.308 e. The van der Waals surface area contributed by atoms with E-state index >= 15 is 0 Å². The number of carbonyl (C=O) groups is 2. The van der Waals surface area contributed by atoms with E-state index in [9.17, 15) is 14.7 Å². The molecule has 9 heteroatoms. The average molecular weight is 443 g/mol. The Morgan fingerprint density at radius 3 is 2.52 bits per heavy atom. The number of amides is 1. The van der Waals surface area contributed by atoms with Gasteiger partial charge >= 0.3 is 5.97 Å². The van der Waals surface area contributed by atoms with E-state index < -0.39 is 17.3 Å². The van der Waals surface area contributed by atoms with Crippen molar-refractivity contribution in [2.75, 3.05) is 23.8 Å². The summed E-state index contributed by atoms with van der Waals surface area (Å²) in [5.74, 6) is -1.33. The van der Waals surface area contributed by atoms with E-state index in [-0.39, 0.29) is 12.5 Å². The summed E-state index contributed by atoms with van der Waals surface area (Å²) in [6.07, 6.45) is 0. The van der Waals surface area contributed by atoms with Crippen LogP contribution < -0.4 is 15.4 Å². The molecule has 0 bridgehead atoms. The smallest absolute Gasteiger partial charge is 0.308 e. The standard InChI is InChI=1S/C22H26N4O4S/c1-5-30-16-11-10-13-8-6-7-9-14(13)17(16)18(27)24-21-26-25-20(31-21)23-12-15(19(28)29)22(2,3)4/h6-11,15H,5,12H2,1-4H3,(H,23,25)(H,28,29)(H,24,26,27). The van der Waals surface area contributed by atoms with Gasteiger partial charge in [-0.15, -0.1) is 10.2 Å². The van der Waals surface area contributed by atoms with E-state index in [1.807, 2.05) is 58.0 Å². The zero-order valence-electron chi connectivity index (χ0n) is 17.9. The molecule has 0 aliphatic rings. The lowest BCUT2D eigenvalue weighted by atomic mass is 9.81. The number of anilines is 2. The highest BCUT2D eigenvalue weighted by Gasteiger charge is 2.31. The number of nitrogens with zero attached hydrogens (tertiary/aromatic N) is 2. The van der Waals surface area contributed by atoms with Crippen LogP contribution in [0.2, 0.25) is 0 Å². The predicted octanol–water partition coefficient (Wildman–Crippen LogP) is 4.50. The molecule has 0 spiro atoms. The van der Waals surface area contributed by atoms with Crippen molar-refractivity contribution in [3.05, 3.63) is 42.0 Å². The zero-order valence-corrected chi connectivity index (χ0v) is 18.7. The van der Waals surface area contributed by atoms with E-state index in [0.717, 1.165) is 22.1 Å². The Hall–Kier alpha value is -3.20. The Balaban J connectivity index is 1.77. The van der Waals surface area contributed by atoms with Gasteiger partial charge in [0.1, 0.15) is 5.75 Å². The third-order valence-electron chi connectivity index (χ3n) is 4.86. The first kappa shape index (κ1) is 22.5. The van der Waals surface area contributed by atoms with Crippen LogP contribution in [0.5, 0.6) is 5.75 Å². The maximum absolute atomic E-state index is 13.1. The molecular weight excluding hydrogens is 416 g/mol. The molecule has 0 aliphatic carbocycles. The van der Waals surface area contributed by atoms with Crippen molar-refractivity contribution in [1.82, 2.24) is 10.2 Å². The molecule has 0 saturated heterocycles. The van der Waals surface area contributed by atoms with Crippen LogP contribution in [0.3, 0.4) is 0 Å². The highest BCUT2D eigenvalue weighted by atomic mass is 32.1. The highest BCUT2D eigenvalue weighted by Crippen LogP contribution is 2.31. The molecule has 2 aromatic carbocycles. The number of rotatable bonds is 8. The molecule has 164 valence electrons. The SMILES string of the molecule is CCOc1ccc2ccccc2c1C(=O)Nc1nnc(NCC(C(=O)O)C(C)(C)C)s1. The number of benzene rings is 2. The van der Waals surface area contributed by atoms with Crippen LogP contribution in [-0.2, 0) is 4.79 Å². The van der Waals surface area contributed by atoms with Crippen LogP contribution in [0.1, 0.15) is 38.1 Å². The number of ether oxygens (including phenoxy) is 1. The molecule has 3 rings (SSSR count). The monoisotopic (exact) mass is 442 g/mol. The summed E-state index contributed by atoms with van der Waals surface area (Å²) >= 11 is 1.15. The predicted molar refractivity (Wildman–Crippen MR) is 122 cm³/mol. The molecule has 1 amide bonds. The fourth-order valence-electron chi connectivity index (χ4n) is 3.22. The van der Waals surface area contributed by atoms with Gasteiger partial charge in [-0.3, -0.25) is 14.9 Å². The Labute approximate surface area is 184 Å². The van der Waals surface area contributed by atoms with E-state index in [4.69, 9.17) is 4.74 Å². The second-order valence-electron chi connectivity index (χ2n) is 8.10. The Morgan fingerprint density at radius 2 is 1.84 bits per heavy atom. The summed E-state index contributed by atoms with van der Waals surface area (Å²) in [6.45, 7) is 8.13. The topological polar surface area (TPSA) is 113 Å². The number of carboxylic acid groups (broad SMARTS) is 1. The second-order valence-corrected chi connectivity index (χ2v) is 9.07. The number of hydrogen-bond donors (Lipinski definition) is 3. The summed E-state index contributed by atoms with van der Waals surface area (Å²) in [5, 5.41) is 25.7. The van der Waals surface area contributed by atoms with Gasteiger partial charge in [0.25, 0.3) is 5.91 Å². The normalized spacial score (nSPS) is 12.4. The first-order chi connectivity index (χ1) is 14.7. The first-order valence-electron chi connectivity index (χ1n) is 9.96. The largest absolute Gasteiger partial charge is 0.493 e. The highest BCUT2D eigenvalue weighted by molar-refractivity contribution is 7.19. The Bertz CT molecular complexity index is 1090. The number of nitrogens with one attached hydrogen (secondary N) is 2. The van der Waals surface area contributed by atoms with Crippen molar-refractivity contribution in [1.29, 1.82) is 0 Å². The van der Waals surface area contributed by atoms with Gasteiger partial charge < -0.3 is 15.2 Å². The van der Waals surface area contributed by atoms with Gasteiger partial charge in [0.2, 0.25) is 10.3 Å². The maximum atomic E-state index is 13.1. The minimum atomic E-state index is -0.877. The van der Waals surface area contributed by atoms with E-state index in [1.165, 1.54) is 0 Å². The summed E-state index contributed by atoms with van der Waals surface area (Å²) in [4.78, 5) is 24.6. The molecule has 0 fully saturated rings. The van der Waals surface area contributed by atoms with E-state index in [0.29, 0.717) is 28.2 Å². The lowest BCUT2D eigenvalue weighted by Gasteiger charge is -2.26. The van der Waals surface area contributed by atoms with Gasteiger partial charge in [-0.25, -0.2) is 0 Å². The molecule has 0 saturated carbocycles. The fourth-order valence-corrected chi connectivity index (χ4v) is 3.87. The zero-order chi connectivity index (χ0) is 22.6. The van der Waals surface area contributed by atoms with E-state index in [2.05, 4.69) is 20.8 Å². The molecule has 3 aromatic rings. The molecule has 0 aliphatic heterocycles. The van der Waals surface area contributed by atoms with Crippen molar-refractivity contribution < 1.29 is 19.4 Å². The average Bonchev–Trinajstić information content (AvgIpc) is 3.13. The molecule has 1 aromatic heterocycles. The Morgan fingerprint density at radius 1 is 1.13 bits per heavy atom.